The molecule has 4 nitrogen and oxygen atoms in total. The van der Waals surface area contributed by atoms with E-state index < -0.39 is 0 Å². The minimum atomic E-state index is 0.562. The second-order valence-electron chi connectivity index (χ2n) is 3.41. The Morgan fingerprint density at radius 3 is 2.69 bits per heavy atom. The maximum absolute atomic E-state index is 5.20. The number of rotatable bonds is 4. The van der Waals surface area contributed by atoms with Gasteiger partial charge in [0.25, 0.3) is 0 Å². The van der Waals surface area contributed by atoms with Crippen molar-refractivity contribution in [3.05, 3.63) is 34.9 Å². The van der Waals surface area contributed by atoms with Crippen LogP contribution in [0.3, 0.4) is 0 Å². The van der Waals surface area contributed by atoms with Gasteiger partial charge >= 0.3 is 0 Å². The van der Waals surface area contributed by atoms with E-state index in [0.29, 0.717) is 12.4 Å². The smallest absolute Gasteiger partial charge is 0.152 e. The molecule has 0 aliphatic rings. The largest absolute Gasteiger partial charge is 0.380 e. The number of hydrogen-bond acceptors (Lipinski definition) is 3. The van der Waals surface area contributed by atoms with Gasteiger partial charge in [-0.25, -0.2) is 5.48 Å². The Hall–Kier alpha value is -1.39. The Kier molecular flexibility index (Phi) is 4.95. The number of hydroxylamine groups is 1. The molecule has 0 heterocycles. The summed E-state index contributed by atoms with van der Waals surface area (Å²) in [7, 11) is 4.97. The summed E-state index contributed by atoms with van der Waals surface area (Å²) >= 11 is 0. The van der Waals surface area contributed by atoms with Crippen molar-refractivity contribution >= 4 is 5.84 Å². The second kappa shape index (κ2) is 6.25. The van der Waals surface area contributed by atoms with Gasteiger partial charge in [0.1, 0.15) is 0 Å². The lowest BCUT2D eigenvalue weighted by Gasteiger charge is -2.14. The molecule has 0 bridgehead atoms. The molecular weight excluding hydrogens is 204 g/mol. The number of nitrogens with zero attached hydrogens (tertiary/aromatic N) is 1. The highest BCUT2D eigenvalue weighted by atomic mass is 16.6. The van der Waals surface area contributed by atoms with Crippen molar-refractivity contribution in [2.75, 3.05) is 21.3 Å². The van der Waals surface area contributed by atoms with Crippen LogP contribution in [0.15, 0.2) is 23.2 Å². The Balaban J connectivity index is 3.15. The normalized spacial score (nSPS) is 11.6. The zero-order chi connectivity index (χ0) is 12.0. The van der Waals surface area contributed by atoms with Gasteiger partial charge in [-0.1, -0.05) is 18.2 Å². The third kappa shape index (κ3) is 2.81. The predicted octanol–water partition coefficient (Wildman–Crippen LogP) is 1.67. The SMILES string of the molecule is CN=C(NOC)c1cccc(C)c1COC. The zero-order valence-corrected chi connectivity index (χ0v) is 10.2. The average Bonchev–Trinajstić information content (AvgIpc) is 2.29. The van der Waals surface area contributed by atoms with Crippen LogP contribution in [0.4, 0.5) is 0 Å². The molecule has 0 fully saturated rings. The molecule has 0 aliphatic carbocycles. The monoisotopic (exact) mass is 222 g/mol. The summed E-state index contributed by atoms with van der Waals surface area (Å²) in [5.41, 5.74) is 6.07. The van der Waals surface area contributed by atoms with Crippen molar-refractivity contribution in [3.63, 3.8) is 0 Å². The fourth-order valence-corrected chi connectivity index (χ4v) is 1.58. The molecule has 0 aromatic heterocycles. The number of benzene rings is 1. The summed E-state index contributed by atoms with van der Waals surface area (Å²) in [4.78, 5) is 9.06. The molecule has 88 valence electrons. The van der Waals surface area contributed by atoms with Gasteiger partial charge in [-0.05, 0) is 18.1 Å². The van der Waals surface area contributed by atoms with Crippen molar-refractivity contribution in [1.82, 2.24) is 5.48 Å². The summed E-state index contributed by atoms with van der Waals surface area (Å²) in [6.07, 6.45) is 0. The molecule has 0 aliphatic heterocycles. The van der Waals surface area contributed by atoms with Crippen LogP contribution in [0.2, 0.25) is 0 Å². The number of hydrogen-bond donors (Lipinski definition) is 1. The molecule has 0 radical (unpaired) electrons. The van der Waals surface area contributed by atoms with Gasteiger partial charge in [0.15, 0.2) is 5.84 Å². The molecule has 16 heavy (non-hydrogen) atoms. The molecule has 0 saturated heterocycles. The van der Waals surface area contributed by atoms with Crippen LogP contribution in [-0.2, 0) is 16.2 Å². The lowest BCUT2D eigenvalue weighted by atomic mass is 10.0. The molecule has 1 rings (SSSR count). The maximum atomic E-state index is 5.20. The van der Waals surface area contributed by atoms with Gasteiger partial charge in [-0.2, -0.15) is 0 Å². The van der Waals surface area contributed by atoms with Crippen molar-refractivity contribution in [1.29, 1.82) is 0 Å². The number of ether oxygens (including phenoxy) is 1. The number of methoxy groups -OCH3 is 1. The van der Waals surface area contributed by atoms with Crippen molar-refractivity contribution < 1.29 is 9.57 Å². The third-order valence-corrected chi connectivity index (χ3v) is 2.38. The highest BCUT2D eigenvalue weighted by Crippen LogP contribution is 2.15. The molecule has 0 amide bonds. The van der Waals surface area contributed by atoms with E-state index in [1.165, 1.54) is 5.56 Å². The summed E-state index contributed by atoms with van der Waals surface area (Å²) in [5, 5.41) is 0. The number of amidine groups is 1. The van der Waals surface area contributed by atoms with Crippen LogP contribution in [0.25, 0.3) is 0 Å². The Morgan fingerprint density at radius 1 is 1.38 bits per heavy atom. The molecule has 0 atom stereocenters. The van der Waals surface area contributed by atoms with Crippen LogP contribution < -0.4 is 5.48 Å². The summed E-state index contributed by atoms with van der Waals surface area (Å²) in [6.45, 7) is 2.62. The fraction of sp³-hybridized carbons (Fsp3) is 0.417. The topological polar surface area (TPSA) is 42.9 Å². The summed E-state index contributed by atoms with van der Waals surface area (Å²) < 4.78 is 5.20. The van der Waals surface area contributed by atoms with Crippen LogP contribution in [0.1, 0.15) is 16.7 Å². The first-order chi connectivity index (χ1) is 7.74. The van der Waals surface area contributed by atoms with Crippen molar-refractivity contribution in [2.45, 2.75) is 13.5 Å². The molecule has 0 spiro atoms. The van der Waals surface area contributed by atoms with E-state index in [-0.39, 0.29) is 0 Å². The van der Waals surface area contributed by atoms with E-state index in [4.69, 9.17) is 9.57 Å². The molecule has 1 N–H and O–H groups in total. The maximum Gasteiger partial charge on any atom is 0.152 e. The zero-order valence-electron chi connectivity index (χ0n) is 10.2. The highest BCUT2D eigenvalue weighted by Gasteiger charge is 2.10. The van der Waals surface area contributed by atoms with Gasteiger partial charge in [-0.15, -0.1) is 0 Å². The fourth-order valence-electron chi connectivity index (χ4n) is 1.58. The summed E-state index contributed by atoms with van der Waals surface area (Å²) in [6, 6.07) is 6.04. The number of nitrogens with one attached hydrogen (secondary N) is 1. The molecule has 0 saturated carbocycles. The predicted molar refractivity (Wildman–Crippen MR) is 64.5 cm³/mol. The number of aliphatic imine (C=N–C) groups is 1. The van der Waals surface area contributed by atoms with Crippen LogP contribution >= 0.6 is 0 Å². The van der Waals surface area contributed by atoms with Gasteiger partial charge in [-0.3, -0.25) is 9.83 Å². The van der Waals surface area contributed by atoms with Gasteiger partial charge in [0, 0.05) is 19.7 Å². The van der Waals surface area contributed by atoms with E-state index >= 15 is 0 Å². The average molecular weight is 222 g/mol. The lowest BCUT2D eigenvalue weighted by Crippen LogP contribution is -2.24. The molecule has 1 aromatic rings. The van der Waals surface area contributed by atoms with E-state index in [1.807, 2.05) is 12.1 Å². The molecular formula is C12H18N2O2. The van der Waals surface area contributed by atoms with E-state index in [9.17, 15) is 0 Å². The van der Waals surface area contributed by atoms with Gasteiger partial charge < -0.3 is 4.74 Å². The van der Waals surface area contributed by atoms with E-state index in [0.717, 1.165) is 11.1 Å². The molecule has 0 unspecified atom stereocenters. The molecule has 1 aromatic carbocycles. The first-order valence-corrected chi connectivity index (χ1v) is 5.08. The first-order valence-electron chi connectivity index (χ1n) is 5.08. The van der Waals surface area contributed by atoms with E-state index in [1.54, 1.807) is 21.3 Å². The quantitative estimate of drug-likeness (QED) is 0.479. The lowest BCUT2D eigenvalue weighted by molar-refractivity contribution is 0.144. The highest BCUT2D eigenvalue weighted by molar-refractivity contribution is 5.99. The van der Waals surface area contributed by atoms with Crippen LogP contribution in [0, 0.1) is 6.92 Å². The van der Waals surface area contributed by atoms with Gasteiger partial charge in [0.05, 0.1) is 13.7 Å². The second-order valence-corrected chi connectivity index (χ2v) is 3.41. The standard InChI is InChI=1S/C12H18N2O2/c1-9-6-5-7-10(11(9)8-15-3)12(13-2)14-16-4/h5-7H,8H2,1-4H3,(H,13,14). The Morgan fingerprint density at radius 2 is 2.12 bits per heavy atom. The third-order valence-electron chi connectivity index (χ3n) is 2.38. The summed E-state index contributed by atoms with van der Waals surface area (Å²) in [5.74, 6) is 0.707. The Labute approximate surface area is 96.2 Å². The number of aryl methyl sites for hydroxylation is 1. The minimum Gasteiger partial charge on any atom is -0.380 e. The van der Waals surface area contributed by atoms with Crippen molar-refractivity contribution in [2.24, 2.45) is 4.99 Å². The van der Waals surface area contributed by atoms with E-state index in [2.05, 4.69) is 23.5 Å². The van der Waals surface area contributed by atoms with Crippen LogP contribution in [0.5, 0.6) is 0 Å². The first kappa shape index (κ1) is 12.7. The van der Waals surface area contributed by atoms with Crippen LogP contribution in [-0.4, -0.2) is 27.1 Å². The van der Waals surface area contributed by atoms with Crippen molar-refractivity contribution in [3.8, 4) is 0 Å². The Bertz CT molecular complexity index is 375. The van der Waals surface area contributed by atoms with Gasteiger partial charge in [0.2, 0.25) is 0 Å². The minimum absolute atomic E-state index is 0.562. The molecule has 4 heteroatoms.